The average Bonchev–Trinajstić information content (AvgIpc) is 3.13. The third-order valence-electron chi connectivity index (χ3n) is 9.18. The smallest absolute Gasteiger partial charge is 0.120 e. The van der Waals surface area contributed by atoms with Gasteiger partial charge in [0.2, 0.25) is 0 Å². The molecule has 6 aromatic carbocycles. The highest BCUT2D eigenvalue weighted by Crippen LogP contribution is 2.51. The lowest BCUT2D eigenvalue weighted by atomic mass is 9.59. The number of benzene rings is 6. The second-order valence-corrected chi connectivity index (χ2v) is 12.1. The molecule has 0 bridgehead atoms. The molecule has 0 saturated heterocycles. The van der Waals surface area contributed by atoms with E-state index in [1.54, 1.807) is 0 Å². The zero-order chi connectivity index (χ0) is 32.8. The van der Waals surface area contributed by atoms with Crippen LogP contribution in [-0.2, 0) is 21.3 Å². The summed E-state index contributed by atoms with van der Waals surface area (Å²) < 4.78 is 22.6. The lowest BCUT2D eigenvalue weighted by Gasteiger charge is -2.42. The number of ether oxygens (including phenoxy) is 4. The monoisotopic (exact) mass is 640 g/mol. The normalized spacial score (nSPS) is 13.3. The molecule has 1 aliphatic carbocycles. The standard InChI is InChI=1S/C42H40O6/c43-17-19-45-21-23-47-38-15-11-30-26-36(13-9-32(30)28-38)42(40-7-3-1-5-34(40)25-35-6-2-4-8-41(35)42)37-14-10-33-29-39(16-12-31(33)27-37)48-24-22-46-20-18-44/h1-16,26-29,43-44H,17-25H2. The molecular weight excluding hydrogens is 600 g/mol. The minimum absolute atomic E-state index is 0.00727. The molecule has 7 rings (SSSR count). The Morgan fingerprint density at radius 3 is 1.38 bits per heavy atom. The van der Waals surface area contributed by atoms with Crippen molar-refractivity contribution in [3.63, 3.8) is 0 Å². The zero-order valence-electron chi connectivity index (χ0n) is 26.9. The van der Waals surface area contributed by atoms with Gasteiger partial charge in [0, 0.05) is 0 Å². The molecule has 0 unspecified atom stereocenters. The lowest BCUT2D eigenvalue weighted by Crippen LogP contribution is -2.36. The Morgan fingerprint density at radius 2 is 0.896 bits per heavy atom. The van der Waals surface area contributed by atoms with Crippen LogP contribution in [0.5, 0.6) is 11.5 Å². The molecule has 0 heterocycles. The molecule has 48 heavy (non-hydrogen) atoms. The van der Waals surface area contributed by atoms with Crippen molar-refractivity contribution in [2.24, 2.45) is 0 Å². The molecule has 0 saturated carbocycles. The van der Waals surface area contributed by atoms with E-state index in [9.17, 15) is 0 Å². The first kappa shape index (κ1) is 31.9. The van der Waals surface area contributed by atoms with Crippen molar-refractivity contribution in [2.45, 2.75) is 11.8 Å². The molecule has 6 aromatic rings. The van der Waals surface area contributed by atoms with Crippen LogP contribution in [0, 0.1) is 0 Å². The number of aliphatic hydroxyl groups is 2. The van der Waals surface area contributed by atoms with Gasteiger partial charge in [-0.3, -0.25) is 0 Å². The SMILES string of the molecule is OCCOCCOc1ccc2cc(C3(c4ccc5cc(OCCOCCO)ccc5c4)c4ccccc4Cc4ccccc43)ccc2c1. The van der Waals surface area contributed by atoms with Gasteiger partial charge in [-0.05, 0) is 97.7 Å². The highest BCUT2D eigenvalue weighted by atomic mass is 16.5. The lowest BCUT2D eigenvalue weighted by molar-refractivity contribution is 0.0705. The van der Waals surface area contributed by atoms with Crippen LogP contribution < -0.4 is 9.47 Å². The van der Waals surface area contributed by atoms with E-state index in [0.717, 1.165) is 39.5 Å². The molecular formula is C42H40O6. The maximum atomic E-state index is 8.94. The van der Waals surface area contributed by atoms with Crippen molar-refractivity contribution in [1.82, 2.24) is 0 Å². The largest absolute Gasteiger partial charge is 0.491 e. The Labute approximate surface area is 281 Å². The molecule has 1 aliphatic rings. The first-order valence-corrected chi connectivity index (χ1v) is 16.6. The maximum absolute atomic E-state index is 8.94. The van der Waals surface area contributed by atoms with Gasteiger partial charge in [-0.15, -0.1) is 0 Å². The van der Waals surface area contributed by atoms with Gasteiger partial charge in [0.25, 0.3) is 0 Å². The minimum Gasteiger partial charge on any atom is -0.491 e. The van der Waals surface area contributed by atoms with Crippen molar-refractivity contribution in [3.8, 4) is 11.5 Å². The molecule has 0 spiro atoms. The number of aliphatic hydroxyl groups excluding tert-OH is 2. The van der Waals surface area contributed by atoms with Crippen LogP contribution >= 0.6 is 0 Å². The Morgan fingerprint density at radius 1 is 0.458 bits per heavy atom. The minimum atomic E-state index is -0.535. The Bertz CT molecular complexity index is 1870. The molecule has 0 radical (unpaired) electrons. The quantitative estimate of drug-likeness (QED) is 0.124. The summed E-state index contributed by atoms with van der Waals surface area (Å²) in [5.74, 6) is 1.59. The summed E-state index contributed by atoms with van der Waals surface area (Å²) in [6.07, 6.45) is 0.890. The van der Waals surface area contributed by atoms with Crippen molar-refractivity contribution in [3.05, 3.63) is 155 Å². The average molecular weight is 641 g/mol. The summed E-state index contributed by atoms with van der Waals surface area (Å²) in [5.41, 5.74) is 7.14. The Balaban J connectivity index is 1.32. The molecule has 6 heteroatoms. The van der Waals surface area contributed by atoms with Crippen LogP contribution in [0.15, 0.2) is 121 Å². The van der Waals surface area contributed by atoms with Crippen molar-refractivity contribution >= 4 is 21.5 Å². The molecule has 0 fully saturated rings. The van der Waals surface area contributed by atoms with Gasteiger partial charge in [-0.1, -0.05) is 84.9 Å². The first-order valence-electron chi connectivity index (χ1n) is 16.6. The van der Waals surface area contributed by atoms with Crippen LogP contribution in [0.3, 0.4) is 0 Å². The number of hydrogen-bond acceptors (Lipinski definition) is 6. The van der Waals surface area contributed by atoms with Crippen LogP contribution in [0.25, 0.3) is 21.5 Å². The van der Waals surface area contributed by atoms with Crippen molar-refractivity contribution in [2.75, 3.05) is 52.9 Å². The molecule has 0 aliphatic heterocycles. The highest BCUT2D eigenvalue weighted by molar-refractivity contribution is 5.88. The summed E-state index contributed by atoms with van der Waals surface area (Å²) in [6, 6.07) is 43.8. The summed E-state index contributed by atoms with van der Waals surface area (Å²) in [5, 5.41) is 22.4. The van der Waals surface area contributed by atoms with E-state index in [0.29, 0.717) is 39.6 Å². The van der Waals surface area contributed by atoms with Crippen LogP contribution in [0.4, 0.5) is 0 Å². The van der Waals surface area contributed by atoms with Crippen molar-refractivity contribution in [1.29, 1.82) is 0 Å². The fourth-order valence-electron chi connectivity index (χ4n) is 7.08. The van der Waals surface area contributed by atoms with Crippen LogP contribution in [-0.4, -0.2) is 63.1 Å². The van der Waals surface area contributed by atoms with E-state index in [2.05, 4.69) is 109 Å². The Kier molecular flexibility index (Phi) is 9.68. The van der Waals surface area contributed by atoms with E-state index < -0.39 is 5.41 Å². The van der Waals surface area contributed by atoms with E-state index in [-0.39, 0.29) is 13.2 Å². The van der Waals surface area contributed by atoms with Gasteiger partial charge >= 0.3 is 0 Å². The van der Waals surface area contributed by atoms with Gasteiger partial charge in [-0.25, -0.2) is 0 Å². The van der Waals surface area contributed by atoms with Gasteiger partial charge < -0.3 is 29.2 Å². The molecule has 0 aromatic heterocycles. The highest BCUT2D eigenvalue weighted by Gasteiger charge is 2.43. The second kappa shape index (κ2) is 14.6. The molecule has 6 nitrogen and oxygen atoms in total. The summed E-state index contributed by atoms with van der Waals surface area (Å²) >= 11 is 0. The fourth-order valence-corrected chi connectivity index (χ4v) is 7.08. The third kappa shape index (κ3) is 6.28. The third-order valence-corrected chi connectivity index (χ3v) is 9.18. The predicted octanol–water partition coefficient (Wildman–Crippen LogP) is 7.06. The summed E-state index contributed by atoms with van der Waals surface area (Å²) in [4.78, 5) is 0. The van der Waals surface area contributed by atoms with Gasteiger partial charge in [-0.2, -0.15) is 0 Å². The van der Waals surface area contributed by atoms with Gasteiger partial charge in [0.05, 0.1) is 45.1 Å². The molecule has 2 N–H and O–H groups in total. The van der Waals surface area contributed by atoms with E-state index in [1.807, 2.05) is 12.1 Å². The van der Waals surface area contributed by atoms with Crippen LogP contribution in [0.1, 0.15) is 33.4 Å². The maximum Gasteiger partial charge on any atom is 0.120 e. The molecule has 244 valence electrons. The summed E-state index contributed by atoms with van der Waals surface area (Å²) in [7, 11) is 0. The van der Waals surface area contributed by atoms with Crippen LogP contribution in [0.2, 0.25) is 0 Å². The number of hydrogen-bond donors (Lipinski definition) is 2. The molecule has 0 amide bonds. The number of fused-ring (bicyclic) bond motifs is 4. The Hall–Kier alpha value is -4.72. The van der Waals surface area contributed by atoms with Gasteiger partial charge in [0.15, 0.2) is 0 Å². The van der Waals surface area contributed by atoms with Gasteiger partial charge in [0.1, 0.15) is 24.7 Å². The fraction of sp³-hybridized carbons (Fsp3) is 0.238. The van der Waals surface area contributed by atoms with Crippen molar-refractivity contribution < 1.29 is 29.2 Å². The van der Waals surface area contributed by atoms with E-state index in [1.165, 1.54) is 33.4 Å². The first-order chi connectivity index (χ1) is 23.7. The molecule has 0 atom stereocenters. The van der Waals surface area contributed by atoms with E-state index in [4.69, 9.17) is 29.2 Å². The van der Waals surface area contributed by atoms with E-state index >= 15 is 0 Å². The number of rotatable bonds is 14. The summed E-state index contributed by atoms with van der Waals surface area (Å²) in [6.45, 7) is 2.35. The second-order valence-electron chi connectivity index (χ2n) is 12.1. The predicted molar refractivity (Wildman–Crippen MR) is 189 cm³/mol. The zero-order valence-corrected chi connectivity index (χ0v) is 26.9. The topological polar surface area (TPSA) is 77.4 Å².